The molecule has 1 aliphatic rings. The van der Waals surface area contributed by atoms with Crippen molar-refractivity contribution in [2.75, 3.05) is 0 Å². The first kappa shape index (κ1) is 19.0. The molecule has 1 aliphatic carbocycles. The normalized spacial score (nSPS) is 15.9. The van der Waals surface area contributed by atoms with Crippen LogP contribution in [-0.4, -0.2) is 16.0 Å². The Morgan fingerprint density at radius 3 is 2.76 bits per heavy atom. The van der Waals surface area contributed by atoms with Crippen LogP contribution in [0.3, 0.4) is 0 Å². The first-order chi connectivity index (χ1) is 14.0. The van der Waals surface area contributed by atoms with E-state index in [-0.39, 0.29) is 23.5 Å². The second-order valence-corrected chi connectivity index (χ2v) is 6.83. The van der Waals surface area contributed by atoms with E-state index in [1.165, 1.54) is 11.6 Å². The number of ether oxygens (including phenoxy) is 1. The molecule has 29 heavy (non-hydrogen) atoms. The van der Waals surface area contributed by atoms with Crippen molar-refractivity contribution in [3.63, 3.8) is 0 Å². The Hall–Kier alpha value is -3.32. The molecule has 0 fully saturated rings. The van der Waals surface area contributed by atoms with Gasteiger partial charge in [-0.05, 0) is 55.2 Å². The Balaban J connectivity index is 1.70. The summed E-state index contributed by atoms with van der Waals surface area (Å²) in [6, 6.07) is 14.6. The topological polar surface area (TPSA) is 66.7 Å². The number of fused-ring (bicyclic) bond motifs is 1. The lowest BCUT2D eigenvalue weighted by molar-refractivity contribution is 0.233. The van der Waals surface area contributed by atoms with Gasteiger partial charge >= 0.3 is 0 Å². The molecule has 0 saturated carbocycles. The highest BCUT2D eigenvalue weighted by Gasteiger charge is 2.23. The van der Waals surface area contributed by atoms with Gasteiger partial charge < -0.3 is 4.74 Å². The van der Waals surface area contributed by atoms with Crippen molar-refractivity contribution in [1.29, 1.82) is 0 Å². The molecule has 1 unspecified atom stereocenters. The number of aryl methyl sites for hydroxylation is 2. The van der Waals surface area contributed by atoms with E-state index < -0.39 is 11.6 Å². The van der Waals surface area contributed by atoms with Crippen molar-refractivity contribution >= 4 is 5.84 Å². The zero-order valence-electron chi connectivity index (χ0n) is 15.7. The van der Waals surface area contributed by atoms with Crippen molar-refractivity contribution in [3.05, 3.63) is 88.6 Å². The number of halogens is 2. The number of hydrogen-bond acceptors (Lipinski definition) is 4. The Morgan fingerprint density at radius 1 is 1.14 bits per heavy atom. The molecule has 0 spiro atoms. The fourth-order valence-corrected chi connectivity index (χ4v) is 3.43. The van der Waals surface area contributed by atoms with Crippen LogP contribution in [0.4, 0.5) is 8.78 Å². The molecule has 0 radical (unpaired) electrons. The maximum Gasteiger partial charge on any atom is 0.230 e. The first-order valence-electron chi connectivity index (χ1n) is 9.22. The van der Waals surface area contributed by atoms with Gasteiger partial charge in [0.25, 0.3) is 0 Å². The van der Waals surface area contributed by atoms with Gasteiger partial charge in [0.15, 0.2) is 17.5 Å². The van der Waals surface area contributed by atoms with Gasteiger partial charge in [-0.2, -0.15) is 0 Å². The molecule has 3 aromatic rings. The van der Waals surface area contributed by atoms with E-state index in [9.17, 15) is 14.0 Å². The molecule has 4 rings (SSSR count). The minimum Gasteiger partial charge on any atom is -0.438 e. The van der Waals surface area contributed by atoms with E-state index in [1.807, 2.05) is 18.2 Å². The maximum absolute atomic E-state index is 13.5. The lowest BCUT2D eigenvalue weighted by Crippen LogP contribution is -2.22. The van der Waals surface area contributed by atoms with Crippen molar-refractivity contribution in [2.45, 2.75) is 25.8 Å². The second kappa shape index (κ2) is 7.97. The Bertz CT molecular complexity index is 1090. The molecule has 7 heteroatoms. The highest BCUT2D eigenvalue weighted by molar-refractivity contribution is 6.00. The second-order valence-electron chi connectivity index (χ2n) is 6.83. The van der Waals surface area contributed by atoms with E-state index in [2.05, 4.69) is 21.5 Å². The van der Waals surface area contributed by atoms with Crippen LogP contribution < -0.4 is 10.2 Å². The third-order valence-corrected chi connectivity index (χ3v) is 4.85. The summed E-state index contributed by atoms with van der Waals surface area (Å²) in [5.74, 6) is -1.58. The molecule has 1 heterocycles. The number of nitrogens with one attached hydrogen (secondary N) is 1. The maximum atomic E-state index is 13.5. The SMILES string of the molecule is Cc1ccc(C(=NC2CCc3ccccc32)NO)c(Oc2ccc(F)c(F)c2)n1. The molecular weight excluding hydrogens is 376 g/mol. The van der Waals surface area contributed by atoms with Crippen molar-refractivity contribution in [2.24, 2.45) is 4.99 Å². The van der Waals surface area contributed by atoms with Gasteiger partial charge in [0, 0.05) is 11.8 Å². The smallest absolute Gasteiger partial charge is 0.230 e. The van der Waals surface area contributed by atoms with Crippen LogP contribution in [0, 0.1) is 18.6 Å². The molecule has 0 aliphatic heterocycles. The molecule has 5 nitrogen and oxygen atoms in total. The van der Waals surface area contributed by atoms with Crippen LogP contribution in [0.1, 0.15) is 34.8 Å². The predicted octanol–water partition coefficient (Wildman–Crippen LogP) is 4.87. The highest BCUT2D eigenvalue weighted by atomic mass is 19.2. The Morgan fingerprint density at radius 2 is 1.97 bits per heavy atom. The lowest BCUT2D eigenvalue weighted by atomic mass is 10.1. The summed E-state index contributed by atoms with van der Waals surface area (Å²) < 4.78 is 32.4. The molecule has 2 aromatic carbocycles. The highest BCUT2D eigenvalue weighted by Crippen LogP contribution is 2.35. The number of rotatable bonds is 4. The van der Waals surface area contributed by atoms with Crippen molar-refractivity contribution in [1.82, 2.24) is 10.5 Å². The molecule has 0 saturated heterocycles. The molecule has 2 N–H and O–H groups in total. The van der Waals surface area contributed by atoms with Gasteiger partial charge in [-0.15, -0.1) is 0 Å². The van der Waals surface area contributed by atoms with Crippen LogP contribution in [0.15, 0.2) is 59.6 Å². The van der Waals surface area contributed by atoms with Gasteiger partial charge in [-0.1, -0.05) is 24.3 Å². The number of hydrogen-bond donors (Lipinski definition) is 2. The Kier molecular flexibility index (Phi) is 5.22. The van der Waals surface area contributed by atoms with Gasteiger partial charge in [0.2, 0.25) is 5.88 Å². The van der Waals surface area contributed by atoms with E-state index >= 15 is 0 Å². The standard InChI is InChI=1S/C22H19F2N3O2/c1-13-6-9-17(22(25-13)29-15-8-10-18(23)19(24)12-15)21(27-28)26-20-11-7-14-4-2-3-5-16(14)20/h2-6,8-10,12,20,28H,7,11H2,1H3,(H,26,27). The van der Waals surface area contributed by atoms with E-state index in [0.717, 1.165) is 30.5 Å². The van der Waals surface area contributed by atoms with Crippen LogP contribution >= 0.6 is 0 Å². The summed E-state index contributed by atoms with van der Waals surface area (Å²) in [5.41, 5.74) is 5.56. The number of benzene rings is 2. The van der Waals surface area contributed by atoms with E-state index in [0.29, 0.717) is 11.3 Å². The predicted molar refractivity (Wildman–Crippen MR) is 104 cm³/mol. The fourth-order valence-electron chi connectivity index (χ4n) is 3.43. The van der Waals surface area contributed by atoms with Crippen molar-refractivity contribution < 1.29 is 18.7 Å². The molecule has 148 valence electrons. The quantitative estimate of drug-likeness (QED) is 0.376. The fraction of sp³-hybridized carbons (Fsp3) is 0.182. The summed E-state index contributed by atoms with van der Waals surface area (Å²) in [5, 5.41) is 9.75. The molecular formula is C22H19F2N3O2. The summed E-state index contributed by atoms with van der Waals surface area (Å²) >= 11 is 0. The summed E-state index contributed by atoms with van der Waals surface area (Å²) in [6.07, 6.45) is 1.73. The van der Waals surface area contributed by atoms with Crippen molar-refractivity contribution in [3.8, 4) is 11.6 Å². The van der Waals surface area contributed by atoms with E-state index in [4.69, 9.17) is 4.74 Å². The van der Waals surface area contributed by atoms with Gasteiger partial charge in [0.1, 0.15) is 5.75 Å². The zero-order valence-corrected chi connectivity index (χ0v) is 15.7. The van der Waals surface area contributed by atoms with Crippen LogP contribution in [0.25, 0.3) is 0 Å². The number of hydroxylamine groups is 1. The molecule has 0 bridgehead atoms. The average Bonchev–Trinajstić information content (AvgIpc) is 3.12. The summed E-state index contributed by atoms with van der Waals surface area (Å²) in [7, 11) is 0. The summed E-state index contributed by atoms with van der Waals surface area (Å²) in [4.78, 5) is 9.01. The largest absolute Gasteiger partial charge is 0.438 e. The number of nitrogens with zero attached hydrogens (tertiary/aromatic N) is 2. The minimum atomic E-state index is -1.02. The Labute approximate surface area is 166 Å². The van der Waals surface area contributed by atoms with Gasteiger partial charge in [0.05, 0.1) is 11.6 Å². The average molecular weight is 395 g/mol. The molecule has 0 amide bonds. The first-order valence-corrected chi connectivity index (χ1v) is 9.22. The lowest BCUT2D eigenvalue weighted by Gasteiger charge is -2.14. The van der Waals surface area contributed by atoms with E-state index in [1.54, 1.807) is 19.1 Å². The summed E-state index contributed by atoms with van der Waals surface area (Å²) in [6.45, 7) is 1.78. The van der Waals surface area contributed by atoms with Gasteiger partial charge in [-0.3, -0.25) is 15.7 Å². The minimum absolute atomic E-state index is 0.0896. The van der Waals surface area contributed by atoms with Crippen LogP contribution in [0.2, 0.25) is 0 Å². The molecule has 1 atom stereocenters. The van der Waals surface area contributed by atoms with Crippen LogP contribution in [0.5, 0.6) is 11.6 Å². The third-order valence-electron chi connectivity index (χ3n) is 4.85. The molecule has 1 aromatic heterocycles. The number of pyridine rings is 1. The van der Waals surface area contributed by atoms with Crippen LogP contribution in [-0.2, 0) is 6.42 Å². The van der Waals surface area contributed by atoms with Gasteiger partial charge in [-0.25, -0.2) is 13.8 Å². The number of aliphatic imine (C=N–C) groups is 1. The number of amidine groups is 1. The zero-order chi connectivity index (χ0) is 20.4. The monoisotopic (exact) mass is 395 g/mol. The third kappa shape index (κ3) is 3.95. The number of aromatic nitrogens is 1.